The van der Waals surface area contributed by atoms with Crippen molar-refractivity contribution in [3.63, 3.8) is 0 Å². The Hall–Kier alpha value is -3.86. The lowest BCUT2D eigenvalue weighted by Gasteiger charge is -2.37. The summed E-state index contributed by atoms with van der Waals surface area (Å²) < 4.78 is 34.9. The second-order valence-electron chi connectivity index (χ2n) is 8.77. The minimum Gasteiger partial charge on any atom is -0.494 e. The Balaban J connectivity index is 1.58. The highest BCUT2D eigenvalue weighted by molar-refractivity contribution is 5.81. The summed E-state index contributed by atoms with van der Waals surface area (Å²) in [6, 6.07) is 6.47. The van der Waals surface area contributed by atoms with E-state index >= 15 is 0 Å². The van der Waals surface area contributed by atoms with E-state index in [-0.39, 0.29) is 17.7 Å². The molecule has 0 amide bonds. The summed E-state index contributed by atoms with van der Waals surface area (Å²) in [5, 5.41) is 0. The van der Waals surface area contributed by atoms with E-state index in [0.29, 0.717) is 54.3 Å². The van der Waals surface area contributed by atoms with Gasteiger partial charge in [-0.1, -0.05) is 0 Å². The van der Waals surface area contributed by atoms with Gasteiger partial charge >= 0.3 is 0 Å². The van der Waals surface area contributed by atoms with Crippen molar-refractivity contribution in [3.05, 3.63) is 54.5 Å². The number of rotatable bonds is 6. The van der Waals surface area contributed by atoms with E-state index in [1.54, 1.807) is 24.7 Å². The van der Waals surface area contributed by atoms with E-state index in [4.69, 9.17) is 16.2 Å². The molecular formula is C24H26F2N8O. The molecule has 0 radical (unpaired) electrons. The highest BCUT2D eigenvalue weighted by atomic mass is 19.1. The lowest BCUT2D eigenvalue weighted by atomic mass is 9.95. The normalized spacial score (nSPS) is 18.2. The fourth-order valence-corrected chi connectivity index (χ4v) is 4.64. The van der Waals surface area contributed by atoms with Crippen LogP contribution in [0.1, 0.15) is 12.0 Å². The van der Waals surface area contributed by atoms with Crippen LogP contribution < -0.4 is 21.1 Å². The molecule has 2 atom stereocenters. The number of methoxy groups -OCH3 is 1. The molecule has 4 heterocycles. The van der Waals surface area contributed by atoms with Crippen molar-refractivity contribution in [1.82, 2.24) is 24.5 Å². The Morgan fingerprint density at radius 3 is 2.77 bits per heavy atom. The highest BCUT2D eigenvalue weighted by Gasteiger charge is 2.27. The number of imidazole rings is 1. The Kier molecular flexibility index (Phi) is 6.16. The van der Waals surface area contributed by atoms with E-state index in [9.17, 15) is 8.78 Å². The van der Waals surface area contributed by atoms with Crippen LogP contribution in [0.15, 0.2) is 43.1 Å². The summed E-state index contributed by atoms with van der Waals surface area (Å²) in [6.07, 6.45) is 5.42. The van der Waals surface area contributed by atoms with Crippen LogP contribution in [0.2, 0.25) is 0 Å². The second kappa shape index (κ2) is 9.41. The maximum absolute atomic E-state index is 14.4. The third-order valence-electron chi connectivity index (χ3n) is 6.31. The van der Waals surface area contributed by atoms with Crippen LogP contribution in [0.3, 0.4) is 0 Å². The SMILES string of the molecule is COc1ccc(-c2cc(Cn3cnc4c(N)ncnc43)c(N3C[C@H](N)C[C@@H](CF)C3)cn2)cc1F. The Morgan fingerprint density at radius 1 is 1.14 bits per heavy atom. The number of hydrogen-bond donors (Lipinski definition) is 2. The molecule has 1 fully saturated rings. The maximum atomic E-state index is 14.4. The first-order chi connectivity index (χ1) is 17.0. The lowest BCUT2D eigenvalue weighted by molar-refractivity contribution is 0.297. The van der Waals surface area contributed by atoms with Gasteiger partial charge in [0.25, 0.3) is 0 Å². The van der Waals surface area contributed by atoms with Gasteiger partial charge in [-0.25, -0.2) is 19.3 Å². The monoisotopic (exact) mass is 480 g/mol. The first kappa shape index (κ1) is 22.9. The molecule has 35 heavy (non-hydrogen) atoms. The summed E-state index contributed by atoms with van der Waals surface area (Å²) in [6.45, 7) is 1.08. The van der Waals surface area contributed by atoms with Crippen molar-refractivity contribution in [2.75, 3.05) is 37.5 Å². The number of alkyl halides is 1. The Labute approximate surface area is 200 Å². The van der Waals surface area contributed by atoms with Crippen molar-refractivity contribution >= 4 is 22.7 Å². The van der Waals surface area contributed by atoms with Gasteiger partial charge in [-0.3, -0.25) is 9.37 Å². The van der Waals surface area contributed by atoms with Gasteiger partial charge in [0.15, 0.2) is 23.0 Å². The fourth-order valence-electron chi connectivity index (χ4n) is 4.64. The number of nitrogens with zero attached hydrogens (tertiary/aromatic N) is 6. The number of anilines is 2. The van der Waals surface area contributed by atoms with Crippen LogP contribution in [0.5, 0.6) is 5.75 Å². The molecule has 0 bridgehead atoms. The number of nitrogens with two attached hydrogens (primary N) is 2. The summed E-state index contributed by atoms with van der Waals surface area (Å²) in [5.41, 5.74) is 16.2. The first-order valence-corrected chi connectivity index (χ1v) is 11.3. The molecule has 0 unspecified atom stereocenters. The van der Waals surface area contributed by atoms with Gasteiger partial charge in [-0.2, -0.15) is 0 Å². The van der Waals surface area contributed by atoms with E-state index in [2.05, 4.69) is 24.8 Å². The predicted molar refractivity (Wildman–Crippen MR) is 129 cm³/mol. The minimum atomic E-state index is -0.474. The van der Waals surface area contributed by atoms with Crippen LogP contribution in [-0.2, 0) is 6.54 Å². The molecular weight excluding hydrogens is 454 g/mol. The number of aromatic nitrogens is 5. The number of fused-ring (bicyclic) bond motifs is 1. The molecule has 1 saturated heterocycles. The molecule has 11 heteroatoms. The molecule has 0 aliphatic carbocycles. The number of benzene rings is 1. The lowest BCUT2D eigenvalue weighted by Crippen LogP contribution is -2.48. The van der Waals surface area contributed by atoms with Gasteiger partial charge in [0.05, 0.1) is 44.2 Å². The van der Waals surface area contributed by atoms with E-state index < -0.39 is 12.5 Å². The molecule has 9 nitrogen and oxygen atoms in total. The number of pyridine rings is 1. The van der Waals surface area contributed by atoms with Gasteiger partial charge in [0.2, 0.25) is 0 Å². The van der Waals surface area contributed by atoms with E-state index in [1.165, 1.54) is 19.5 Å². The second-order valence-corrected chi connectivity index (χ2v) is 8.77. The van der Waals surface area contributed by atoms with E-state index in [1.807, 2.05) is 10.6 Å². The zero-order valence-corrected chi connectivity index (χ0v) is 19.2. The van der Waals surface area contributed by atoms with Crippen molar-refractivity contribution in [2.45, 2.75) is 19.0 Å². The Bertz CT molecular complexity index is 1360. The van der Waals surface area contributed by atoms with Crippen molar-refractivity contribution in [3.8, 4) is 17.0 Å². The number of hydrogen-bond acceptors (Lipinski definition) is 8. The number of halogens is 2. The molecule has 1 aromatic carbocycles. The average Bonchev–Trinajstić information content (AvgIpc) is 3.27. The van der Waals surface area contributed by atoms with Crippen LogP contribution in [0, 0.1) is 11.7 Å². The van der Waals surface area contributed by atoms with Crippen LogP contribution in [0.25, 0.3) is 22.4 Å². The van der Waals surface area contributed by atoms with Crippen molar-refractivity contribution < 1.29 is 13.5 Å². The topological polar surface area (TPSA) is 121 Å². The molecule has 182 valence electrons. The zero-order valence-electron chi connectivity index (χ0n) is 19.2. The van der Waals surface area contributed by atoms with Crippen LogP contribution >= 0.6 is 0 Å². The van der Waals surface area contributed by atoms with Crippen LogP contribution in [0.4, 0.5) is 20.3 Å². The quantitative estimate of drug-likeness (QED) is 0.432. The molecule has 1 aliphatic rings. The van der Waals surface area contributed by atoms with Gasteiger partial charge in [0, 0.05) is 30.6 Å². The van der Waals surface area contributed by atoms with Crippen molar-refractivity contribution in [1.29, 1.82) is 0 Å². The third-order valence-corrected chi connectivity index (χ3v) is 6.31. The predicted octanol–water partition coefficient (Wildman–Crippen LogP) is 2.79. The molecule has 4 aromatic rings. The van der Waals surface area contributed by atoms with Crippen LogP contribution in [-0.4, -0.2) is 57.4 Å². The van der Waals surface area contributed by atoms with Gasteiger partial charge in [-0.15, -0.1) is 0 Å². The molecule has 1 aliphatic heterocycles. The standard InChI is InChI=1S/C24H26F2N8O/c1-35-21-3-2-15(5-18(21)26)19-6-16(10-34-13-32-22-23(28)30-12-31-24(22)34)20(8-29-19)33-9-14(7-25)4-17(27)11-33/h2-3,5-6,8,12-14,17H,4,7,9-11,27H2,1H3,(H2,28,30,31)/t14-,17+/m0/s1. The molecule has 3 aromatic heterocycles. The van der Waals surface area contributed by atoms with Gasteiger partial charge < -0.3 is 25.7 Å². The minimum absolute atomic E-state index is 0.144. The summed E-state index contributed by atoms with van der Waals surface area (Å²) >= 11 is 0. The largest absolute Gasteiger partial charge is 0.494 e. The third kappa shape index (κ3) is 4.46. The molecule has 4 N–H and O–H groups in total. The summed E-state index contributed by atoms with van der Waals surface area (Å²) in [7, 11) is 1.42. The average molecular weight is 481 g/mol. The molecule has 5 rings (SSSR count). The van der Waals surface area contributed by atoms with Gasteiger partial charge in [0.1, 0.15) is 11.8 Å². The van der Waals surface area contributed by atoms with Crippen molar-refractivity contribution in [2.24, 2.45) is 11.7 Å². The summed E-state index contributed by atoms with van der Waals surface area (Å²) in [4.78, 5) is 19.4. The van der Waals surface area contributed by atoms with Gasteiger partial charge in [-0.05, 0) is 36.2 Å². The number of piperidine rings is 1. The zero-order chi connectivity index (χ0) is 24.5. The number of nitrogen functional groups attached to an aromatic ring is 1. The highest BCUT2D eigenvalue weighted by Crippen LogP contribution is 2.31. The first-order valence-electron chi connectivity index (χ1n) is 11.3. The smallest absolute Gasteiger partial charge is 0.165 e. The maximum Gasteiger partial charge on any atom is 0.165 e. The summed E-state index contributed by atoms with van der Waals surface area (Å²) in [5.74, 6) is -0.167. The Morgan fingerprint density at radius 2 is 2.00 bits per heavy atom. The number of ether oxygens (including phenoxy) is 1. The fraction of sp³-hybridized carbons (Fsp3) is 0.333. The molecule has 0 saturated carbocycles. The van der Waals surface area contributed by atoms with E-state index in [0.717, 1.165) is 11.3 Å². The molecule has 0 spiro atoms.